The Bertz CT molecular complexity index is 1460. The second kappa shape index (κ2) is 10.4. The lowest BCUT2D eigenvalue weighted by Crippen LogP contribution is -2.40. The molecule has 7 nitrogen and oxygen atoms in total. The standard InChI is InChI=1S/C29H34FN3O4S/c1-18(2)17-37-22-12-20(11-21(30)13-22)24-14-25(38(35,36)23-9-7-6-8-10-23)26(27(31)34)28(32-24)33-16-19(3)15-29(33,4)5/h6-14,18-19H,15-17H2,1-5H3,(H2,31,34)/t19-/m0/s1. The molecule has 9 heteroatoms. The highest BCUT2D eigenvalue weighted by molar-refractivity contribution is 7.91. The second-order valence-electron chi connectivity index (χ2n) is 11.0. The summed E-state index contributed by atoms with van der Waals surface area (Å²) in [7, 11) is -4.18. The first kappa shape index (κ1) is 27.6. The molecule has 0 radical (unpaired) electrons. The summed E-state index contributed by atoms with van der Waals surface area (Å²) in [6.07, 6.45) is 0.811. The van der Waals surface area contributed by atoms with Crippen LogP contribution >= 0.6 is 0 Å². The smallest absolute Gasteiger partial charge is 0.253 e. The maximum absolute atomic E-state index is 14.7. The SMILES string of the molecule is CC(C)COc1cc(F)cc(-c2cc(S(=O)(=O)c3ccccc3)c(C(N)=O)c(N3C[C@@H](C)CC3(C)C)n2)c1. The zero-order chi connectivity index (χ0) is 27.8. The molecule has 202 valence electrons. The largest absolute Gasteiger partial charge is 0.493 e. The second-order valence-corrected chi connectivity index (χ2v) is 12.9. The van der Waals surface area contributed by atoms with E-state index in [-0.39, 0.29) is 38.7 Å². The quantitative estimate of drug-likeness (QED) is 0.407. The molecule has 2 N–H and O–H groups in total. The van der Waals surface area contributed by atoms with Gasteiger partial charge in [-0.3, -0.25) is 4.79 Å². The average molecular weight is 540 g/mol. The number of hydrogen-bond donors (Lipinski definition) is 1. The molecular formula is C29H34FN3O4S. The van der Waals surface area contributed by atoms with Gasteiger partial charge < -0.3 is 15.4 Å². The summed E-state index contributed by atoms with van der Waals surface area (Å²) in [4.78, 5) is 19.3. The molecule has 1 atom stereocenters. The third kappa shape index (κ3) is 5.53. The van der Waals surface area contributed by atoms with Crippen LogP contribution in [0.4, 0.5) is 10.2 Å². The normalized spacial score (nSPS) is 17.1. The molecule has 0 unspecified atom stereocenters. The van der Waals surface area contributed by atoms with Gasteiger partial charge in [0, 0.05) is 23.7 Å². The Kier molecular flexibility index (Phi) is 7.52. The van der Waals surface area contributed by atoms with Gasteiger partial charge in [-0.15, -0.1) is 0 Å². The molecule has 0 spiro atoms. The van der Waals surface area contributed by atoms with Crippen molar-refractivity contribution in [3.8, 4) is 17.0 Å². The van der Waals surface area contributed by atoms with E-state index < -0.39 is 27.1 Å². The van der Waals surface area contributed by atoms with E-state index in [0.717, 1.165) is 6.42 Å². The first-order valence-electron chi connectivity index (χ1n) is 12.7. The van der Waals surface area contributed by atoms with Crippen molar-refractivity contribution in [1.29, 1.82) is 0 Å². The topological polar surface area (TPSA) is 103 Å². The van der Waals surface area contributed by atoms with Gasteiger partial charge in [0.25, 0.3) is 5.91 Å². The summed E-state index contributed by atoms with van der Waals surface area (Å²) in [5.41, 5.74) is 5.77. The third-order valence-corrected chi connectivity index (χ3v) is 8.43. The van der Waals surface area contributed by atoms with Gasteiger partial charge >= 0.3 is 0 Å². The van der Waals surface area contributed by atoms with Crippen molar-refractivity contribution in [2.75, 3.05) is 18.1 Å². The van der Waals surface area contributed by atoms with E-state index in [0.29, 0.717) is 24.5 Å². The summed E-state index contributed by atoms with van der Waals surface area (Å²) < 4.78 is 48.2. The fourth-order valence-electron chi connectivity index (χ4n) is 5.04. The van der Waals surface area contributed by atoms with Gasteiger partial charge in [0.15, 0.2) is 0 Å². The van der Waals surface area contributed by atoms with Gasteiger partial charge in [-0.25, -0.2) is 17.8 Å². The highest BCUT2D eigenvalue weighted by Gasteiger charge is 2.41. The summed E-state index contributed by atoms with van der Waals surface area (Å²) in [6, 6.07) is 13.3. The van der Waals surface area contributed by atoms with E-state index in [9.17, 15) is 17.6 Å². The molecule has 2 aromatic carbocycles. The number of anilines is 1. The number of pyridine rings is 1. The van der Waals surface area contributed by atoms with Crippen molar-refractivity contribution in [1.82, 2.24) is 4.98 Å². The lowest BCUT2D eigenvalue weighted by molar-refractivity contribution is 0.0997. The van der Waals surface area contributed by atoms with Crippen molar-refractivity contribution >= 4 is 21.6 Å². The Morgan fingerprint density at radius 1 is 1.18 bits per heavy atom. The monoisotopic (exact) mass is 539 g/mol. The number of benzene rings is 2. The molecule has 0 saturated carbocycles. The Morgan fingerprint density at radius 2 is 1.87 bits per heavy atom. The van der Waals surface area contributed by atoms with Gasteiger partial charge in [0.2, 0.25) is 9.84 Å². The number of carbonyl (C=O) groups is 1. The van der Waals surface area contributed by atoms with Gasteiger partial charge in [-0.05, 0) is 62.4 Å². The zero-order valence-corrected chi connectivity index (χ0v) is 23.2. The van der Waals surface area contributed by atoms with Crippen LogP contribution < -0.4 is 15.4 Å². The van der Waals surface area contributed by atoms with E-state index in [2.05, 4.69) is 6.92 Å². The number of hydrogen-bond acceptors (Lipinski definition) is 6. The number of ether oxygens (including phenoxy) is 1. The predicted molar refractivity (Wildman–Crippen MR) is 146 cm³/mol. The number of nitrogens with zero attached hydrogens (tertiary/aromatic N) is 2. The third-order valence-electron chi connectivity index (χ3n) is 6.63. The number of carbonyl (C=O) groups excluding carboxylic acids is 1. The van der Waals surface area contributed by atoms with Crippen LogP contribution in [-0.4, -0.2) is 38.0 Å². The van der Waals surface area contributed by atoms with E-state index in [1.54, 1.807) is 24.3 Å². The van der Waals surface area contributed by atoms with E-state index >= 15 is 0 Å². The van der Waals surface area contributed by atoms with Gasteiger partial charge in [0.1, 0.15) is 22.9 Å². The highest BCUT2D eigenvalue weighted by Crippen LogP contribution is 2.41. The summed E-state index contributed by atoms with van der Waals surface area (Å²) in [5.74, 6) is -0.472. The Morgan fingerprint density at radius 3 is 2.45 bits per heavy atom. The highest BCUT2D eigenvalue weighted by atomic mass is 32.2. The Labute approximate surface area is 223 Å². The van der Waals surface area contributed by atoms with Crippen molar-refractivity contribution in [3.05, 3.63) is 66.0 Å². The number of rotatable bonds is 8. The van der Waals surface area contributed by atoms with E-state index in [4.69, 9.17) is 15.5 Å². The summed E-state index contributed by atoms with van der Waals surface area (Å²) in [5, 5.41) is 0. The van der Waals surface area contributed by atoms with Gasteiger partial charge in [-0.2, -0.15) is 0 Å². The zero-order valence-electron chi connectivity index (χ0n) is 22.4. The molecule has 1 aliphatic heterocycles. The van der Waals surface area contributed by atoms with Crippen LogP contribution in [0.3, 0.4) is 0 Å². The van der Waals surface area contributed by atoms with Gasteiger partial charge in [-0.1, -0.05) is 39.0 Å². The molecule has 1 saturated heterocycles. The maximum atomic E-state index is 14.7. The lowest BCUT2D eigenvalue weighted by atomic mass is 9.97. The number of nitrogens with two attached hydrogens (primary N) is 1. The molecule has 0 bridgehead atoms. The van der Waals surface area contributed by atoms with Crippen LogP contribution in [0, 0.1) is 17.7 Å². The van der Waals surface area contributed by atoms with Crippen LogP contribution in [0.2, 0.25) is 0 Å². The molecule has 4 rings (SSSR count). The van der Waals surface area contributed by atoms with E-state index in [1.807, 2.05) is 32.6 Å². The maximum Gasteiger partial charge on any atom is 0.253 e. The summed E-state index contributed by atoms with van der Waals surface area (Å²) in [6.45, 7) is 11.0. The minimum Gasteiger partial charge on any atom is -0.493 e. The molecule has 2 heterocycles. The Balaban J connectivity index is 2.01. The van der Waals surface area contributed by atoms with Crippen LogP contribution in [0.5, 0.6) is 5.75 Å². The number of halogens is 1. The first-order valence-corrected chi connectivity index (χ1v) is 14.1. The molecule has 1 aliphatic rings. The first-order chi connectivity index (χ1) is 17.8. The van der Waals surface area contributed by atoms with Gasteiger partial charge in [0.05, 0.1) is 22.1 Å². The van der Waals surface area contributed by atoms with Crippen LogP contribution in [0.1, 0.15) is 51.4 Å². The molecule has 1 fully saturated rings. The van der Waals surface area contributed by atoms with Crippen LogP contribution in [-0.2, 0) is 9.84 Å². The van der Waals surface area contributed by atoms with Crippen molar-refractivity contribution < 1.29 is 22.3 Å². The average Bonchev–Trinajstić information content (AvgIpc) is 3.13. The molecule has 1 aromatic heterocycles. The minimum atomic E-state index is -4.18. The number of amides is 1. The van der Waals surface area contributed by atoms with Crippen molar-refractivity contribution in [3.63, 3.8) is 0 Å². The minimum absolute atomic E-state index is 0.0137. The fourth-order valence-corrected chi connectivity index (χ4v) is 6.54. The molecule has 3 aromatic rings. The predicted octanol–water partition coefficient (Wildman–Crippen LogP) is 5.48. The number of sulfone groups is 1. The van der Waals surface area contributed by atoms with E-state index in [1.165, 1.54) is 30.3 Å². The number of primary amides is 1. The van der Waals surface area contributed by atoms with Crippen LogP contribution in [0.15, 0.2) is 64.4 Å². The van der Waals surface area contributed by atoms with Crippen molar-refractivity contribution in [2.24, 2.45) is 17.6 Å². The Hall–Kier alpha value is -3.46. The summed E-state index contributed by atoms with van der Waals surface area (Å²) >= 11 is 0. The van der Waals surface area contributed by atoms with Crippen molar-refractivity contribution in [2.45, 2.75) is 56.4 Å². The van der Waals surface area contributed by atoms with Crippen LogP contribution in [0.25, 0.3) is 11.3 Å². The molecule has 1 amide bonds. The molecular weight excluding hydrogens is 505 g/mol. The molecule has 0 aliphatic carbocycles. The molecule has 38 heavy (non-hydrogen) atoms. The number of aromatic nitrogens is 1. The lowest BCUT2D eigenvalue weighted by Gasteiger charge is -2.34. The fraction of sp³-hybridized carbons (Fsp3) is 0.379.